The third kappa shape index (κ3) is 4.28. The summed E-state index contributed by atoms with van der Waals surface area (Å²) in [7, 11) is -4.10. The van der Waals surface area contributed by atoms with E-state index in [0.29, 0.717) is 30.4 Å². The van der Waals surface area contributed by atoms with Crippen molar-refractivity contribution in [3.63, 3.8) is 0 Å². The van der Waals surface area contributed by atoms with Crippen LogP contribution in [0.5, 0.6) is 0 Å². The lowest BCUT2D eigenvalue weighted by Crippen LogP contribution is -2.46. The highest BCUT2D eigenvalue weighted by molar-refractivity contribution is 7.89. The minimum Gasteiger partial charge on any atom is -0.480 e. The molecule has 0 fully saturated rings. The number of carboxylic acid groups (broad SMARTS) is 1. The maximum absolute atomic E-state index is 13.0. The SMILES string of the molecule is CC(=O)NCCN(C(C)C(=O)O)S(=O)(=O)c1ccc2c(c1)CCCC2=O. The summed E-state index contributed by atoms with van der Waals surface area (Å²) in [4.78, 5) is 34.2. The second kappa shape index (κ2) is 7.96. The van der Waals surface area contributed by atoms with Gasteiger partial charge in [0.2, 0.25) is 15.9 Å². The van der Waals surface area contributed by atoms with E-state index in [1.54, 1.807) is 0 Å². The van der Waals surface area contributed by atoms with Gasteiger partial charge in [-0.15, -0.1) is 0 Å². The van der Waals surface area contributed by atoms with Crippen LogP contribution in [-0.2, 0) is 26.0 Å². The Hall–Kier alpha value is -2.26. The van der Waals surface area contributed by atoms with Crippen LogP contribution in [0.25, 0.3) is 0 Å². The largest absolute Gasteiger partial charge is 0.480 e. The van der Waals surface area contributed by atoms with E-state index in [-0.39, 0.29) is 29.7 Å². The lowest BCUT2D eigenvalue weighted by molar-refractivity contribution is -0.140. The maximum atomic E-state index is 13.0. The summed E-state index contributed by atoms with van der Waals surface area (Å²) >= 11 is 0. The number of nitrogens with one attached hydrogen (secondary N) is 1. The highest BCUT2D eigenvalue weighted by Gasteiger charge is 2.33. The van der Waals surface area contributed by atoms with Gasteiger partial charge in [-0.05, 0) is 43.5 Å². The monoisotopic (exact) mass is 382 g/mol. The van der Waals surface area contributed by atoms with Crippen molar-refractivity contribution in [3.05, 3.63) is 29.3 Å². The predicted molar refractivity (Wildman–Crippen MR) is 93.4 cm³/mol. The molecule has 0 saturated heterocycles. The van der Waals surface area contributed by atoms with Crippen LogP contribution in [0, 0.1) is 0 Å². The predicted octanol–water partition coefficient (Wildman–Crippen LogP) is 0.806. The average Bonchev–Trinajstić information content (AvgIpc) is 2.57. The minimum atomic E-state index is -4.10. The number of aliphatic carboxylic acids is 1. The zero-order chi connectivity index (χ0) is 19.5. The summed E-state index contributed by atoms with van der Waals surface area (Å²) in [5.41, 5.74) is 1.18. The first-order chi connectivity index (χ1) is 12.1. The number of ketones is 1. The molecule has 0 heterocycles. The van der Waals surface area contributed by atoms with E-state index in [9.17, 15) is 27.9 Å². The van der Waals surface area contributed by atoms with Gasteiger partial charge in [-0.1, -0.05) is 0 Å². The van der Waals surface area contributed by atoms with E-state index in [0.717, 1.165) is 4.31 Å². The standard InChI is InChI=1S/C17H22N2O6S/c1-11(17(22)23)19(9-8-18-12(2)20)26(24,25)14-6-7-15-13(10-14)4-3-5-16(15)21/h6-7,10-11H,3-5,8-9H2,1-2H3,(H,18,20)(H,22,23). The third-order valence-corrected chi connectivity index (χ3v) is 6.30. The normalized spacial score (nSPS) is 15.4. The van der Waals surface area contributed by atoms with Gasteiger partial charge in [-0.3, -0.25) is 14.4 Å². The molecule has 0 bridgehead atoms. The fourth-order valence-corrected chi connectivity index (χ4v) is 4.55. The number of rotatable bonds is 7. The molecule has 1 unspecified atom stereocenters. The Morgan fingerprint density at radius 2 is 2.00 bits per heavy atom. The number of Topliss-reactive ketones (excluding diaryl/α,β-unsaturated/α-hetero) is 1. The molecule has 1 aromatic carbocycles. The Morgan fingerprint density at radius 1 is 1.31 bits per heavy atom. The number of hydrogen-bond donors (Lipinski definition) is 2. The van der Waals surface area contributed by atoms with Crippen LogP contribution in [0.2, 0.25) is 0 Å². The van der Waals surface area contributed by atoms with Crippen LogP contribution in [0.4, 0.5) is 0 Å². The van der Waals surface area contributed by atoms with E-state index in [4.69, 9.17) is 0 Å². The Morgan fingerprint density at radius 3 is 2.62 bits per heavy atom. The molecule has 0 aromatic heterocycles. The number of aryl methyl sites for hydroxylation is 1. The van der Waals surface area contributed by atoms with E-state index >= 15 is 0 Å². The molecule has 0 aliphatic heterocycles. The van der Waals surface area contributed by atoms with Gasteiger partial charge in [0.1, 0.15) is 6.04 Å². The van der Waals surface area contributed by atoms with Gasteiger partial charge >= 0.3 is 5.97 Å². The van der Waals surface area contributed by atoms with Gasteiger partial charge in [0.25, 0.3) is 0 Å². The number of carbonyl (C=O) groups excluding carboxylic acids is 2. The zero-order valence-corrected chi connectivity index (χ0v) is 15.5. The highest BCUT2D eigenvalue weighted by Crippen LogP contribution is 2.26. The first kappa shape index (κ1) is 20.1. The summed E-state index contributed by atoms with van der Waals surface area (Å²) in [6, 6.07) is 2.96. The molecular formula is C17H22N2O6S. The molecule has 2 rings (SSSR count). The Kier molecular flexibility index (Phi) is 6.14. The fourth-order valence-electron chi connectivity index (χ4n) is 2.91. The van der Waals surface area contributed by atoms with Gasteiger partial charge in [-0.2, -0.15) is 4.31 Å². The zero-order valence-electron chi connectivity index (χ0n) is 14.7. The maximum Gasteiger partial charge on any atom is 0.321 e. The summed E-state index contributed by atoms with van der Waals surface area (Å²) in [6.45, 7) is 2.39. The number of carboxylic acids is 1. The lowest BCUT2D eigenvalue weighted by Gasteiger charge is -2.26. The molecule has 1 aromatic rings. The third-order valence-electron chi connectivity index (χ3n) is 4.33. The van der Waals surface area contributed by atoms with Crippen LogP contribution in [0.3, 0.4) is 0 Å². The number of carbonyl (C=O) groups is 3. The quantitative estimate of drug-likeness (QED) is 0.720. The van der Waals surface area contributed by atoms with Crippen molar-refractivity contribution < 1.29 is 27.9 Å². The van der Waals surface area contributed by atoms with Crippen LogP contribution in [0.1, 0.15) is 42.6 Å². The van der Waals surface area contributed by atoms with Gasteiger partial charge in [0.15, 0.2) is 5.78 Å². The molecule has 1 atom stereocenters. The number of benzene rings is 1. The molecule has 8 nitrogen and oxygen atoms in total. The first-order valence-corrected chi connectivity index (χ1v) is 9.74. The number of fused-ring (bicyclic) bond motifs is 1. The van der Waals surface area contributed by atoms with Crippen molar-refractivity contribution >= 4 is 27.7 Å². The van der Waals surface area contributed by atoms with E-state index in [1.165, 1.54) is 32.0 Å². The minimum absolute atomic E-state index is 0.00436. The van der Waals surface area contributed by atoms with Crippen LogP contribution < -0.4 is 5.32 Å². The van der Waals surface area contributed by atoms with E-state index in [2.05, 4.69) is 5.32 Å². The molecule has 142 valence electrons. The molecule has 1 aliphatic rings. The molecule has 0 radical (unpaired) electrons. The summed E-state index contributed by atoms with van der Waals surface area (Å²) in [5, 5.41) is 11.7. The van der Waals surface area contributed by atoms with Crippen molar-refractivity contribution in [3.8, 4) is 0 Å². The molecule has 1 aliphatic carbocycles. The van der Waals surface area contributed by atoms with Gasteiger partial charge in [0, 0.05) is 32.0 Å². The topological polar surface area (TPSA) is 121 Å². The second-order valence-electron chi connectivity index (χ2n) is 6.21. The number of hydrogen-bond acceptors (Lipinski definition) is 5. The van der Waals surface area contributed by atoms with Crippen molar-refractivity contribution in [2.75, 3.05) is 13.1 Å². The molecular weight excluding hydrogens is 360 g/mol. The van der Waals surface area contributed by atoms with Crippen molar-refractivity contribution in [1.29, 1.82) is 0 Å². The lowest BCUT2D eigenvalue weighted by atomic mass is 9.91. The summed E-state index contributed by atoms with van der Waals surface area (Å²) in [6.07, 6.45) is 1.70. The summed E-state index contributed by atoms with van der Waals surface area (Å²) in [5.74, 6) is -1.64. The molecule has 1 amide bonds. The van der Waals surface area contributed by atoms with Crippen molar-refractivity contribution in [2.24, 2.45) is 0 Å². The molecule has 0 spiro atoms. The van der Waals surface area contributed by atoms with Gasteiger partial charge in [0.05, 0.1) is 4.90 Å². The van der Waals surface area contributed by atoms with Crippen LogP contribution in [-0.4, -0.2) is 54.6 Å². The van der Waals surface area contributed by atoms with Crippen LogP contribution in [0.15, 0.2) is 23.1 Å². The Bertz CT molecular complexity index is 834. The highest BCUT2D eigenvalue weighted by atomic mass is 32.2. The van der Waals surface area contributed by atoms with Crippen molar-refractivity contribution in [1.82, 2.24) is 9.62 Å². The first-order valence-electron chi connectivity index (χ1n) is 8.30. The van der Waals surface area contributed by atoms with Gasteiger partial charge in [-0.25, -0.2) is 8.42 Å². The molecule has 26 heavy (non-hydrogen) atoms. The molecule has 0 saturated carbocycles. The number of amides is 1. The Balaban J connectivity index is 2.37. The fraction of sp³-hybridized carbons (Fsp3) is 0.471. The number of nitrogens with zero attached hydrogens (tertiary/aromatic N) is 1. The van der Waals surface area contributed by atoms with E-state index < -0.39 is 22.0 Å². The second-order valence-corrected chi connectivity index (χ2v) is 8.10. The van der Waals surface area contributed by atoms with Gasteiger partial charge < -0.3 is 10.4 Å². The smallest absolute Gasteiger partial charge is 0.321 e. The molecule has 2 N–H and O–H groups in total. The molecule has 9 heteroatoms. The van der Waals surface area contributed by atoms with Crippen molar-refractivity contribution in [2.45, 2.75) is 44.0 Å². The average molecular weight is 382 g/mol. The number of sulfonamides is 1. The summed E-state index contributed by atoms with van der Waals surface area (Å²) < 4.78 is 26.8. The van der Waals surface area contributed by atoms with E-state index in [1.807, 2.05) is 0 Å². The Labute approximate surface area is 152 Å². The van der Waals surface area contributed by atoms with Crippen LogP contribution >= 0.6 is 0 Å².